The molecule has 0 bridgehead atoms. The fraction of sp³-hybridized carbons (Fsp3) is 0.750. The van der Waals surface area contributed by atoms with Gasteiger partial charge >= 0.3 is 0 Å². The quantitative estimate of drug-likeness (QED) is 0.821. The molecular formula is C12H21N3. The van der Waals surface area contributed by atoms with Crippen molar-refractivity contribution in [1.82, 2.24) is 15.1 Å². The topological polar surface area (TPSA) is 29.9 Å². The molecule has 3 heteroatoms. The van der Waals surface area contributed by atoms with Gasteiger partial charge in [-0.15, -0.1) is 0 Å². The van der Waals surface area contributed by atoms with E-state index in [4.69, 9.17) is 0 Å². The Morgan fingerprint density at radius 3 is 3.13 bits per heavy atom. The Kier molecular flexibility index (Phi) is 3.41. The maximum atomic E-state index is 4.45. The van der Waals surface area contributed by atoms with Gasteiger partial charge in [0.2, 0.25) is 0 Å². The van der Waals surface area contributed by atoms with Crippen LogP contribution in [0.4, 0.5) is 0 Å². The predicted molar refractivity (Wildman–Crippen MR) is 61.9 cm³/mol. The summed E-state index contributed by atoms with van der Waals surface area (Å²) in [6, 6.07) is 0.550. The van der Waals surface area contributed by atoms with Gasteiger partial charge in [-0.1, -0.05) is 6.92 Å². The first kappa shape index (κ1) is 10.7. The molecule has 1 atom stereocenters. The lowest BCUT2D eigenvalue weighted by molar-refractivity contribution is 0.449. The first-order valence-corrected chi connectivity index (χ1v) is 6.14. The second-order valence-electron chi connectivity index (χ2n) is 4.26. The van der Waals surface area contributed by atoms with Crippen LogP contribution in [-0.2, 0) is 13.0 Å². The molecule has 1 aliphatic carbocycles. The summed E-state index contributed by atoms with van der Waals surface area (Å²) in [4.78, 5) is 0. The molecule has 3 nitrogen and oxygen atoms in total. The van der Waals surface area contributed by atoms with Crippen LogP contribution in [0.25, 0.3) is 0 Å². The van der Waals surface area contributed by atoms with Gasteiger partial charge in [0.05, 0.1) is 6.20 Å². The van der Waals surface area contributed by atoms with Crippen molar-refractivity contribution in [3.63, 3.8) is 0 Å². The van der Waals surface area contributed by atoms with E-state index in [1.54, 1.807) is 0 Å². The number of aromatic nitrogens is 2. The molecule has 0 fully saturated rings. The van der Waals surface area contributed by atoms with Gasteiger partial charge in [-0.3, -0.25) is 4.68 Å². The van der Waals surface area contributed by atoms with Crippen LogP contribution in [-0.4, -0.2) is 16.3 Å². The lowest BCUT2D eigenvalue weighted by Gasteiger charge is -2.24. The number of rotatable bonds is 4. The van der Waals surface area contributed by atoms with E-state index in [2.05, 4.69) is 35.1 Å². The van der Waals surface area contributed by atoms with E-state index in [-0.39, 0.29) is 0 Å². The predicted octanol–water partition coefficient (Wildman–Crippen LogP) is 2.28. The van der Waals surface area contributed by atoms with E-state index in [9.17, 15) is 0 Å². The molecule has 1 aromatic rings. The largest absolute Gasteiger partial charge is 0.310 e. The van der Waals surface area contributed by atoms with Gasteiger partial charge < -0.3 is 5.32 Å². The van der Waals surface area contributed by atoms with Gasteiger partial charge in [0.15, 0.2) is 0 Å². The molecule has 0 saturated carbocycles. The fourth-order valence-electron chi connectivity index (χ4n) is 2.42. The highest BCUT2D eigenvalue weighted by atomic mass is 15.3. The van der Waals surface area contributed by atoms with E-state index < -0.39 is 0 Å². The summed E-state index contributed by atoms with van der Waals surface area (Å²) in [5, 5.41) is 8.06. The van der Waals surface area contributed by atoms with Crippen molar-refractivity contribution in [3.05, 3.63) is 17.5 Å². The molecule has 0 aliphatic heterocycles. The maximum absolute atomic E-state index is 4.45. The normalized spacial score (nSPS) is 20.3. The summed E-state index contributed by atoms with van der Waals surface area (Å²) in [7, 11) is 0. The Hall–Kier alpha value is -0.830. The summed E-state index contributed by atoms with van der Waals surface area (Å²) in [6.45, 7) is 6.49. The summed E-state index contributed by atoms with van der Waals surface area (Å²) < 4.78 is 2.15. The minimum absolute atomic E-state index is 0.550. The zero-order valence-corrected chi connectivity index (χ0v) is 9.79. The van der Waals surface area contributed by atoms with Crippen molar-refractivity contribution in [3.8, 4) is 0 Å². The summed E-state index contributed by atoms with van der Waals surface area (Å²) in [5.41, 5.74) is 2.90. The molecular weight excluding hydrogens is 186 g/mol. The highest BCUT2D eigenvalue weighted by Gasteiger charge is 2.22. The van der Waals surface area contributed by atoms with Gasteiger partial charge in [0.25, 0.3) is 0 Å². The maximum Gasteiger partial charge on any atom is 0.0540 e. The zero-order chi connectivity index (χ0) is 10.7. The minimum atomic E-state index is 0.550. The molecule has 1 aliphatic rings. The third kappa shape index (κ3) is 2.07. The van der Waals surface area contributed by atoms with Crippen LogP contribution in [0.2, 0.25) is 0 Å². The van der Waals surface area contributed by atoms with E-state index in [0.717, 1.165) is 13.1 Å². The molecule has 1 aromatic heterocycles. The number of nitrogens with one attached hydrogen (secondary N) is 1. The Morgan fingerprint density at radius 2 is 2.40 bits per heavy atom. The molecule has 0 saturated heterocycles. The van der Waals surface area contributed by atoms with E-state index in [0.29, 0.717) is 6.04 Å². The summed E-state index contributed by atoms with van der Waals surface area (Å²) >= 11 is 0. The Morgan fingerprint density at radius 1 is 1.53 bits per heavy atom. The molecule has 0 aromatic carbocycles. The highest BCUT2D eigenvalue weighted by Crippen LogP contribution is 2.29. The zero-order valence-electron chi connectivity index (χ0n) is 9.79. The van der Waals surface area contributed by atoms with Crippen molar-refractivity contribution in [2.75, 3.05) is 6.54 Å². The first-order valence-electron chi connectivity index (χ1n) is 6.14. The second-order valence-corrected chi connectivity index (χ2v) is 4.26. The standard InChI is InChI=1S/C12H21N3/c1-3-8-13-11-6-5-7-12-10(11)9-14-15(12)4-2/h9,11,13H,3-8H2,1-2H3. The third-order valence-electron chi connectivity index (χ3n) is 3.20. The van der Waals surface area contributed by atoms with Crippen molar-refractivity contribution in [2.45, 2.75) is 52.1 Å². The number of aryl methyl sites for hydroxylation is 1. The smallest absolute Gasteiger partial charge is 0.0540 e. The average Bonchev–Trinajstić information content (AvgIpc) is 2.69. The van der Waals surface area contributed by atoms with Crippen molar-refractivity contribution < 1.29 is 0 Å². The molecule has 1 heterocycles. The molecule has 2 rings (SSSR count). The minimum Gasteiger partial charge on any atom is -0.310 e. The van der Waals surface area contributed by atoms with Crippen LogP contribution in [0.5, 0.6) is 0 Å². The van der Waals surface area contributed by atoms with E-state index in [1.807, 2.05) is 0 Å². The van der Waals surface area contributed by atoms with Crippen LogP contribution in [0.1, 0.15) is 50.4 Å². The lowest BCUT2D eigenvalue weighted by atomic mass is 9.93. The van der Waals surface area contributed by atoms with Crippen LogP contribution in [0.3, 0.4) is 0 Å². The van der Waals surface area contributed by atoms with Crippen LogP contribution >= 0.6 is 0 Å². The first-order chi connectivity index (χ1) is 7.36. The molecule has 84 valence electrons. The SMILES string of the molecule is CCCNC1CCCc2c1cnn2CC. The summed E-state index contributed by atoms with van der Waals surface area (Å²) in [6.07, 6.45) is 7.02. The lowest BCUT2D eigenvalue weighted by Crippen LogP contribution is -2.25. The molecule has 1 unspecified atom stereocenters. The van der Waals surface area contributed by atoms with E-state index in [1.165, 1.54) is 36.9 Å². The third-order valence-corrected chi connectivity index (χ3v) is 3.20. The number of hydrogen-bond donors (Lipinski definition) is 1. The molecule has 0 amide bonds. The monoisotopic (exact) mass is 207 g/mol. The molecule has 0 spiro atoms. The molecule has 1 N–H and O–H groups in total. The van der Waals surface area contributed by atoms with Crippen molar-refractivity contribution >= 4 is 0 Å². The number of hydrogen-bond acceptors (Lipinski definition) is 2. The number of nitrogens with zero attached hydrogens (tertiary/aromatic N) is 2. The van der Waals surface area contributed by atoms with Gasteiger partial charge in [-0.2, -0.15) is 5.10 Å². The Balaban J connectivity index is 2.15. The average molecular weight is 207 g/mol. The second kappa shape index (κ2) is 4.79. The Labute approximate surface area is 91.9 Å². The summed E-state index contributed by atoms with van der Waals surface area (Å²) in [5.74, 6) is 0. The molecule has 0 radical (unpaired) electrons. The van der Waals surface area contributed by atoms with Crippen LogP contribution in [0.15, 0.2) is 6.20 Å². The van der Waals surface area contributed by atoms with Crippen LogP contribution in [0, 0.1) is 0 Å². The van der Waals surface area contributed by atoms with Gasteiger partial charge in [-0.25, -0.2) is 0 Å². The van der Waals surface area contributed by atoms with E-state index >= 15 is 0 Å². The Bertz CT molecular complexity index is 317. The molecule has 15 heavy (non-hydrogen) atoms. The highest BCUT2D eigenvalue weighted by molar-refractivity contribution is 5.24. The fourth-order valence-corrected chi connectivity index (χ4v) is 2.42. The van der Waals surface area contributed by atoms with Gasteiger partial charge in [-0.05, 0) is 39.2 Å². The number of fused-ring (bicyclic) bond motifs is 1. The van der Waals surface area contributed by atoms with Crippen LogP contribution < -0.4 is 5.32 Å². The van der Waals surface area contributed by atoms with Crippen molar-refractivity contribution in [1.29, 1.82) is 0 Å². The van der Waals surface area contributed by atoms with Gasteiger partial charge in [0, 0.05) is 23.8 Å². The van der Waals surface area contributed by atoms with Gasteiger partial charge in [0.1, 0.15) is 0 Å². The van der Waals surface area contributed by atoms with Crippen molar-refractivity contribution in [2.24, 2.45) is 0 Å².